The molecule has 1 atom stereocenters. The summed E-state index contributed by atoms with van der Waals surface area (Å²) in [5, 5.41) is 15.8. The first-order valence-electron chi connectivity index (χ1n) is 10.3. The molecule has 4 N–H and O–H groups in total. The van der Waals surface area contributed by atoms with Crippen molar-refractivity contribution < 1.29 is 23.5 Å². The monoisotopic (exact) mass is 478 g/mol. The van der Waals surface area contributed by atoms with Crippen LogP contribution in [0.3, 0.4) is 0 Å². The molecule has 0 aromatic heterocycles. The van der Waals surface area contributed by atoms with Gasteiger partial charge in [0.15, 0.2) is 0 Å². The molecule has 2 rings (SSSR count). The minimum atomic E-state index is -0.892. The first-order valence-corrected chi connectivity index (χ1v) is 10.7. The van der Waals surface area contributed by atoms with Crippen molar-refractivity contribution in [3.8, 4) is 11.5 Å². The van der Waals surface area contributed by atoms with Crippen LogP contribution in [-0.2, 0) is 11.3 Å². The van der Waals surface area contributed by atoms with E-state index in [2.05, 4.69) is 16.0 Å². The number of halogens is 2. The van der Waals surface area contributed by atoms with E-state index >= 15 is 0 Å². The van der Waals surface area contributed by atoms with Crippen LogP contribution in [0.25, 0.3) is 0 Å². The topological polar surface area (TPSA) is 113 Å². The van der Waals surface area contributed by atoms with Crippen molar-refractivity contribution in [3.63, 3.8) is 0 Å². The van der Waals surface area contributed by atoms with Gasteiger partial charge in [0.2, 0.25) is 5.91 Å². The van der Waals surface area contributed by atoms with Crippen molar-refractivity contribution in [3.05, 3.63) is 58.6 Å². The van der Waals surface area contributed by atoms with Crippen LogP contribution in [0.4, 0.5) is 4.39 Å². The summed E-state index contributed by atoms with van der Waals surface area (Å²) in [5.74, 6) is -0.0864. The van der Waals surface area contributed by atoms with Crippen LogP contribution in [0.1, 0.15) is 28.8 Å². The second kappa shape index (κ2) is 13.3. The minimum Gasteiger partial charge on any atom is -0.497 e. The molecule has 0 saturated heterocycles. The van der Waals surface area contributed by atoms with Gasteiger partial charge in [0, 0.05) is 18.1 Å². The Morgan fingerprint density at radius 3 is 2.45 bits per heavy atom. The Hall–Kier alpha value is -3.33. The Labute approximate surface area is 197 Å². The molecular formula is C23H28ClFN4O4. The van der Waals surface area contributed by atoms with Crippen molar-refractivity contribution in [1.82, 2.24) is 16.0 Å². The van der Waals surface area contributed by atoms with Crippen molar-refractivity contribution in [2.24, 2.45) is 0 Å². The van der Waals surface area contributed by atoms with Gasteiger partial charge >= 0.3 is 0 Å². The highest BCUT2D eigenvalue weighted by atomic mass is 35.5. The van der Waals surface area contributed by atoms with Crippen molar-refractivity contribution >= 4 is 29.3 Å². The molecule has 8 nitrogen and oxygen atoms in total. The summed E-state index contributed by atoms with van der Waals surface area (Å²) in [7, 11) is 3.01. The molecule has 0 aliphatic carbocycles. The molecule has 2 aromatic rings. The lowest BCUT2D eigenvalue weighted by Crippen LogP contribution is -2.47. The molecule has 178 valence electrons. The minimum absolute atomic E-state index is 0.204. The normalized spacial score (nSPS) is 11.3. The van der Waals surface area contributed by atoms with Gasteiger partial charge in [0.1, 0.15) is 30.1 Å². The zero-order valence-corrected chi connectivity index (χ0v) is 19.3. The van der Waals surface area contributed by atoms with Gasteiger partial charge in [-0.2, -0.15) is 0 Å². The standard InChI is InChI=1S/C23H28ClFN4O4/c1-32-17-8-5-15(6-9-17)14-28-23(31)19(4-3-11-27-21(26)13-25)29-22(30)18-12-16(24)7-10-20(18)33-2/h5-10,12,19H,3-4,11,13-14H2,1-2H3,(H2,26,27)(H,28,31)(H,29,30)/t19-/m0/s1. The van der Waals surface area contributed by atoms with E-state index in [4.69, 9.17) is 26.5 Å². The van der Waals surface area contributed by atoms with E-state index in [-0.39, 0.29) is 30.3 Å². The fourth-order valence-electron chi connectivity index (χ4n) is 3.01. The Balaban J connectivity index is 2.07. The van der Waals surface area contributed by atoms with Gasteiger partial charge in [0.25, 0.3) is 5.91 Å². The Kier molecular flexibility index (Phi) is 10.4. The smallest absolute Gasteiger partial charge is 0.255 e. The number of rotatable bonds is 12. The maximum atomic E-state index is 12.9. The summed E-state index contributed by atoms with van der Waals surface area (Å²) in [4.78, 5) is 25.8. The molecule has 2 amide bonds. The number of hydrogen-bond donors (Lipinski definition) is 4. The molecule has 0 bridgehead atoms. The number of alkyl halides is 1. The van der Waals surface area contributed by atoms with E-state index in [1.807, 2.05) is 12.1 Å². The van der Waals surface area contributed by atoms with Crippen LogP contribution in [0.2, 0.25) is 5.02 Å². The van der Waals surface area contributed by atoms with Gasteiger partial charge in [-0.05, 0) is 48.7 Å². The van der Waals surface area contributed by atoms with E-state index in [0.29, 0.717) is 29.5 Å². The number of amidine groups is 1. The zero-order valence-electron chi connectivity index (χ0n) is 18.5. The lowest BCUT2D eigenvalue weighted by molar-refractivity contribution is -0.123. The predicted octanol–water partition coefficient (Wildman–Crippen LogP) is 3.09. The third kappa shape index (κ3) is 8.27. The number of amides is 2. The number of ether oxygens (including phenoxy) is 2. The second-order valence-electron chi connectivity index (χ2n) is 7.12. The number of carbonyl (C=O) groups excluding carboxylic acids is 2. The van der Waals surface area contributed by atoms with Crippen LogP contribution in [-0.4, -0.2) is 51.1 Å². The van der Waals surface area contributed by atoms with Crippen LogP contribution in [0.5, 0.6) is 11.5 Å². The van der Waals surface area contributed by atoms with Crippen LogP contribution in [0.15, 0.2) is 42.5 Å². The summed E-state index contributed by atoms with van der Waals surface area (Å²) in [6.45, 7) is -0.334. The van der Waals surface area contributed by atoms with E-state index in [0.717, 1.165) is 5.56 Å². The van der Waals surface area contributed by atoms with Crippen molar-refractivity contribution in [1.29, 1.82) is 5.41 Å². The molecule has 0 spiro atoms. The molecule has 33 heavy (non-hydrogen) atoms. The van der Waals surface area contributed by atoms with E-state index < -0.39 is 18.6 Å². The lowest BCUT2D eigenvalue weighted by Gasteiger charge is -2.20. The van der Waals surface area contributed by atoms with Gasteiger partial charge in [-0.15, -0.1) is 0 Å². The van der Waals surface area contributed by atoms with Crippen molar-refractivity contribution in [2.45, 2.75) is 25.4 Å². The van der Waals surface area contributed by atoms with Crippen molar-refractivity contribution in [2.75, 3.05) is 27.4 Å². The number of carbonyl (C=O) groups is 2. The summed E-state index contributed by atoms with van der Waals surface area (Å²) in [6.07, 6.45) is 0.700. The molecule has 2 aromatic carbocycles. The molecule has 0 fully saturated rings. The predicted molar refractivity (Wildman–Crippen MR) is 125 cm³/mol. The fraction of sp³-hybridized carbons (Fsp3) is 0.348. The van der Waals surface area contributed by atoms with E-state index in [1.54, 1.807) is 31.4 Å². The maximum absolute atomic E-state index is 12.9. The van der Waals surface area contributed by atoms with Gasteiger partial charge in [-0.3, -0.25) is 15.0 Å². The van der Waals surface area contributed by atoms with Gasteiger partial charge in [-0.25, -0.2) is 4.39 Å². The first kappa shape index (κ1) is 25.9. The summed E-state index contributed by atoms with van der Waals surface area (Å²) < 4.78 is 22.8. The Morgan fingerprint density at radius 1 is 1.09 bits per heavy atom. The Morgan fingerprint density at radius 2 is 1.82 bits per heavy atom. The second-order valence-corrected chi connectivity index (χ2v) is 7.55. The number of benzene rings is 2. The van der Waals surface area contributed by atoms with Crippen LogP contribution in [0, 0.1) is 5.41 Å². The molecule has 0 heterocycles. The first-order chi connectivity index (χ1) is 15.9. The quantitative estimate of drug-likeness (QED) is 0.213. The highest BCUT2D eigenvalue weighted by molar-refractivity contribution is 6.31. The van der Waals surface area contributed by atoms with Crippen LogP contribution >= 0.6 is 11.6 Å². The van der Waals surface area contributed by atoms with Gasteiger partial charge < -0.3 is 25.4 Å². The number of nitrogens with one attached hydrogen (secondary N) is 4. The molecule has 10 heteroatoms. The molecule has 0 aliphatic rings. The Bertz CT molecular complexity index is 956. The maximum Gasteiger partial charge on any atom is 0.255 e. The zero-order chi connectivity index (χ0) is 24.2. The lowest BCUT2D eigenvalue weighted by atomic mass is 10.1. The van der Waals surface area contributed by atoms with E-state index in [1.165, 1.54) is 13.2 Å². The molecule has 0 aliphatic heterocycles. The average Bonchev–Trinajstić information content (AvgIpc) is 2.84. The van der Waals surface area contributed by atoms with E-state index in [9.17, 15) is 14.0 Å². The third-order valence-corrected chi connectivity index (χ3v) is 5.03. The number of methoxy groups -OCH3 is 2. The summed E-state index contributed by atoms with van der Waals surface area (Å²) >= 11 is 6.02. The summed E-state index contributed by atoms with van der Waals surface area (Å²) in [6, 6.07) is 11.0. The molecular weight excluding hydrogens is 451 g/mol. The van der Waals surface area contributed by atoms with Gasteiger partial charge in [-0.1, -0.05) is 23.7 Å². The van der Waals surface area contributed by atoms with Crippen LogP contribution < -0.4 is 25.4 Å². The summed E-state index contributed by atoms with van der Waals surface area (Å²) in [5.41, 5.74) is 1.07. The third-order valence-electron chi connectivity index (χ3n) is 4.80. The molecule has 0 radical (unpaired) electrons. The highest BCUT2D eigenvalue weighted by Gasteiger charge is 2.23. The molecule has 0 unspecified atom stereocenters. The molecule has 0 saturated carbocycles. The number of hydrogen-bond acceptors (Lipinski definition) is 5. The fourth-order valence-corrected chi connectivity index (χ4v) is 3.18. The SMILES string of the molecule is COc1ccc(CNC(=O)[C@H](CCCNC(=N)CF)NC(=O)c2cc(Cl)ccc2OC)cc1. The van der Waals surface area contributed by atoms with Gasteiger partial charge in [0.05, 0.1) is 19.8 Å². The largest absolute Gasteiger partial charge is 0.497 e. The average molecular weight is 479 g/mol. The highest BCUT2D eigenvalue weighted by Crippen LogP contribution is 2.22.